The number of esters is 1. The highest BCUT2D eigenvalue weighted by atomic mass is 16.5. The van der Waals surface area contributed by atoms with Gasteiger partial charge in [0.25, 0.3) is 0 Å². The van der Waals surface area contributed by atoms with Crippen molar-refractivity contribution in [1.29, 1.82) is 0 Å². The lowest BCUT2D eigenvalue weighted by Crippen LogP contribution is -2.18. The fraction of sp³-hybridized carbons (Fsp3) is 0.333. The number of carboxylic acids is 1. The summed E-state index contributed by atoms with van der Waals surface area (Å²) in [6.45, 7) is 6.02. The predicted octanol–water partition coefficient (Wildman–Crippen LogP) is 4.68. The third kappa shape index (κ3) is 5.18. The molecule has 0 aliphatic rings. The van der Waals surface area contributed by atoms with Crippen molar-refractivity contribution in [1.82, 2.24) is 0 Å². The molecule has 1 unspecified atom stereocenters. The Kier molecular flexibility index (Phi) is 6.34. The summed E-state index contributed by atoms with van der Waals surface area (Å²) in [5, 5.41) is 9.35. The number of aryl methyl sites for hydroxylation is 1. The molecular weight excluding hydrogens is 316 g/mol. The Morgan fingerprint density at radius 1 is 1.04 bits per heavy atom. The summed E-state index contributed by atoms with van der Waals surface area (Å²) < 4.78 is 5.45. The quantitative estimate of drug-likeness (QED) is 0.587. The molecule has 0 fully saturated rings. The minimum absolute atomic E-state index is 0.00177. The lowest BCUT2D eigenvalue weighted by molar-refractivity contribution is -0.135. The smallest absolute Gasteiger partial charge is 0.339 e. The third-order valence-electron chi connectivity index (χ3n) is 4.15. The van der Waals surface area contributed by atoms with Gasteiger partial charge in [0.1, 0.15) is 11.3 Å². The van der Waals surface area contributed by atoms with Crippen molar-refractivity contribution in [2.45, 2.75) is 39.5 Å². The van der Waals surface area contributed by atoms with Crippen LogP contribution in [0.2, 0.25) is 0 Å². The first kappa shape index (κ1) is 18.7. The second-order valence-electron chi connectivity index (χ2n) is 6.62. The van der Waals surface area contributed by atoms with Crippen LogP contribution < -0.4 is 4.74 Å². The summed E-state index contributed by atoms with van der Waals surface area (Å²) in [5.74, 6) is -1.38. The van der Waals surface area contributed by atoms with Crippen molar-refractivity contribution in [3.8, 4) is 5.75 Å². The van der Waals surface area contributed by atoms with Gasteiger partial charge in [0.2, 0.25) is 0 Å². The largest absolute Gasteiger partial charge is 0.478 e. The van der Waals surface area contributed by atoms with E-state index in [-0.39, 0.29) is 11.3 Å². The standard InChI is InChI=1S/C21H24O4/c1-14(2)9-10-16-11-12-18(20(22)23)19(13-16)25-21(24)15(3)17-7-5-4-6-8-17/h4-8,11-15H,9-10H2,1-3H3,(H,22,23). The Hall–Kier alpha value is -2.62. The monoisotopic (exact) mass is 340 g/mol. The molecule has 4 nitrogen and oxygen atoms in total. The number of carbonyl (C=O) groups excluding carboxylic acids is 1. The Morgan fingerprint density at radius 2 is 1.72 bits per heavy atom. The zero-order chi connectivity index (χ0) is 18.4. The van der Waals surface area contributed by atoms with E-state index in [1.54, 1.807) is 19.1 Å². The normalized spacial score (nSPS) is 12.0. The number of rotatable bonds is 7. The van der Waals surface area contributed by atoms with Gasteiger partial charge in [-0.15, -0.1) is 0 Å². The molecule has 0 spiro atoms. The number of ether oxygens (including phenoxy) is 1. The molecule has 132 valence electrons. The molecule has 4 heteroatoms. The Balaban J connectivity index is 2.22. The molecule has 25 heavy (non-hydrogen) atoms. The van der Waals surface area contributed by atoms with Crippen LogP contribution in [0, 0.1) is 5.92 Å². The Labute approximate surface area is 148 Å². The van der Waals surface area contributed by atoms with E-state index < -0.39 is 17.9 Å². The molecule has 0 saturated carbocycles. The molecule has 2 aromatic carbocycles. The molecule has 2 rings (SSSR count). The van der Waals surface area contributed by atoms with E-state index in [4.69, 9.17) is 4.74 Å². The van der Waals surface area contributed by atoms with Crippen molar-refractivity contribution in [3.63, 3.8) is 0 Å². The molecule has 0 radical (unpaired) electrons. The summed E-state index contributed by atoms with van der Waals surface area (Å²) >= 11 is 0. The van der Waals surface area contributed by atoms with Gasteiger partial charge in [0.05, 0.1) is 5.92 Å². The van der Waals surface area contributed by atoms with E-state index in [2.05, 4.69) is 13.8 Å². The fourth-order valence-corrected chi connectivity index (χ4v) is 2.51. The van der Waals surface area contributed by atoms with E-state index >= 15 is 0 Å². The maximum atomic E-state index is 12.4. The summed E-state index contributed by atoms with van der Waals surface area (Å²) in [5.41, 5.74) is 1.80. The second kappa shape index (κ2) is 8.47. The summed E-state index contributed by atoms with van der Waals surface area (Å²) in [7, 11) is 0. The maximum Gasteiger partial charge on any atom is 0.339 e. The van der Waals surface area contributed by atoms with Crippen LogP contribution in [-0.2, 0) is 11.2 Å². The fourth-order valence-electron chi connectivity index (χ4n) is 2.51. The summed E-state index contributed by atoms with van der Waals surface area (Å²) in [4.78, 5) is 23.9. The highest BCUT2D eigenvalue weighted by Gasteiger charge is 2.21. The summed E-state index contributed by atoms with van der Waals surface area (Å²) in [6, 6.07) is 14.2. The molecule has 0 aromatic heterocycles. The second-order valence-corrected chi connectivity index (χ2v) is 6.62. The molecule has 0 heterocycles. The van der Waals surface area contributed by atoms with Gasteiger partial charge in [-0.25, -0.2) is 4.79 Å². The number of hydrogen-bond donors (Lipinski definition) is 1. The van der Waals surface area contributed by atoms with Gasteiger partial charge in [0.15, 0.2) is 0 Å². The van der Waals surface area contributed by atoms with Crippen molar-refractivity contribution in [2.75, 3.05) is 0 Å². The number of aromatic carboxylic acids is 1. The van der Waals surface area contributed by atoms with E-state index in [9.17, 15) is 14.7 Å². The molecule has 0 bridgehead atoms. The lowest BCUT2D eigenvalue weighted by atomic mass is 10.0. The molecule has 0 amide bonds. The Morgan fingerprint density at radius 3 is 2.32 bits per heavy atom. The number of carbonyl (C=O) groups is 2. The van der Waals surface area contributed by atoms with Gasteiger partial charge in [0, 0.05) is 0 Å². The van der Waals surface area contributed by atoms with Crippen molar-refractivity contribution in [2.24, 2.45) is 5.92 Å². The molecule has 0 saturated heterocycles. The third-order valence-corrected chi connectivity index (χ3v) is 4.15. The average Bonchev–Trinajstić information content (AvgIpc) is 2.59. The van der Waals surface area contributed by atoms with Gasteiger partial charge < -0.3 is 9.84 Å². The highest BCUT2D eigenvalue weighted by molar-refractivity contribution is 5.92. The van der Waals surface area contributed by atoms with E-state index in [0.29, 0.717) is 5.92 Å². The van der Waals surface area contributed by atoms with Crippen molar-refractivity contribution >= 4 is 11.9 Å². The van der Waals surface area contributed by atoms with E-state index in [1.807, 2.05) is 30.3 Å². The van der Waals surface area contributed by atoms with E-state index in [1.165, 1.54) is 6.07 Å². The minimum Gasteiger partial charge on any atom is -0.478 e. The zero-order valence-corrected chi connectivity index (χ0v) is 14.9. The molecular formula is C21H24O4. The van der Waals surface area contributed by atoms with Gasteiger partial charge in [-0.05, 0) is 48.9 Å². The number of benzene rings is 2. The van der Waals surface area contributed by atoms with Crippen LogP contribution in [-0.4, -0.2) is 17.0 Å². The highest BCUT2D eigenvalue weighted by Crippen LogP contribution is 2.25. The van der Waals surface area contributed by atoms with Crippen LogP contribution in [0.4, 0.5) is 0 Å². The van der Waals surface area contributed by atoms with Crippen LogP contribution in [0.15, 0.2) is 48.5 Å². The Bertz CT molecular complexity index is 735. The van der Waals surface area contributed by atoms with Gasteiger partial charge in [-0.3, -0.25) is 4.79 Å². The minimum atomic E-state index is -1.11. The van der Waals surface area contributed by atoms with Crippen LogP contribution in [0.1, 0.15) is 54.6 Å². The maximum absolute atomic E-state index is 12.4. The first-order chi connectivity index (χ1) is 11.9. The van der Waals surface area contributed by atoms with Crippen LogP contribution >= 0.6 is 0 Å². The number of hydrogen-bond acceptors (Lipinski definition) is 3. The lowest BCUT2D eigenvalue weighted by Gasteiger charge is -2.14. The molecule has 1 N–H and O–H groups in total. The van der Waals surface area contributed by atoms with Gasteiger partial charge >= 0.3 is 11.9 Å². The summed E-state index contributed by atoms with van der Waals surface area (Å²) in [6.07, 6.45) is 1.80. The van der Waals surface area contributed by atoms with Crippen LogP contribution in [0.5, 0.6) is 5.75 Å². The first-order valence-electron chi connectivity index (χ1n) is 8.51. The molecule has 0 aliphatic carbocycles. The molecule has 1 atom stereocenters. The van der Waals surface area contributed by atoms with Crippen molar-refractivity contribution in [3.05, 3.63) is 65.2 Å². The first-order valence-corrected chi connectivity index (χ1v) is 8.51. The van der Waals surface area contributed by atoms with Crippen molar-refractivity contribution < 1.29 is 19.4 Å². The van der Waals surface area contributed by atoms with Gasteiger partial charge in [-0.1, -0.05) is 50.2 Å². The van der Waals surface area contributed by atoms with Gasteiger partial charge in [-0.2, -0.15) is 0 Å². The SMILES string of the molecule is CC(C)CCc1ccc(C(=O)O)c(OC(=O)C(C)c2ccccc2)c1. The molecule has 0 aliphatic heterocycles. The number of carboxylic acid groups (broad SMARTS) is 1. The zero-order valence-electron chi connectivity index (χ0n) is 14.9. The molecule has 2 aromatic rings. The predicted molar refractivity (Wildman–Crippen MR) is 97.1 cm³/mol. The van der Waals surface area contributed by atoms with Crippen LogP contribution in [0.3, 0.4) is 0 Å². The topological polar surface area (TPSA) is 63.6 Å². The van der Waals surface area contributed by atoms with Crippen LogP contribution in [0.25, 0.3) is 0 Å². The van der Waals surface area contributed by atoms with E-state index in [0.717, 1.165) is 24.0 Å². The average molecular weight is 340 g/mol.